The minimum absolute atomic E-state index is 0.193. The summed E-state index contributed by atoms with van der Waals surface area (Å²) in [6.45, 7) is 3.97. The SMILES string of the molecule is Cc1cc(N=Nc2ccccc2)c(NC(=O)c2cc(-c3ccccc3)on2)cc1C. The van der Waals surface area contributed by atoms with Gasteiger partial charge in [0.1, 0.15) is 5.69 Å². The molecule has 3 aromatic carbocycles. The molecule has 30 heavy (non-hydrogen) atoms. The number of carbonyl (C=O) groups excluding carboxylic acids is 1. The number of hydrogen-bond acceptors (Lipinski definition) is 5. The van der Waals surface area contributed by atoms with Crippen LogP contribution in [-0.2, 0) is 0 Å². The zero-order valence-electron chi connectivity index (χ0n) is 16.7. The molecule has 1 aromatic heterocycles. The molecule has 1 heterocycles. The van der Waals surface area contributed by atoms with Crippen LogP contribution in [0.4, 0.5) is 17.1 Å². The molecule has 6 nitrogen and oxygen atoms in total. The molecule has 1 amide bonds. The summed E-state index contributed by atoms with van der Waals surface area (Å²) < 4.78 is 5.34. The van der Waals surface area contributed by atoms with Crippen molar-refractivity contribution < 1.29 is 9.32 Å². The Balaban J connectivity index is 1.59. The number of carbonyl (C=O) groups is 1. The van der Waals surface area contributed by atoms with Gasteiger partial charge in [-0.3, -0.25) is 4.79 Å². The number of aryl methyl sites for hydroxylation is 2. The average Bonchev–Trinajstić information content (AvgIpc) is 3.27. The first-order chi connectivity index (χ1) is 14.6. The van der Waals surface area contributed by atoms with Crippen LogP contribution in [0.1, 0.15) is 21.6 Å². The predicted octanol–water partition coefficient (Wildman–Crippen LogP) is 6.63. The highest BCUT2D eigenvalue weighted by Gasteiger charge is 2.16. The third kappa shape index (κ3) is 4.33. The van der Waals surface area contributed by atoms with Gasteiger partial charge in [0, 0.05) is 11.6 Å². The number of anilines is 1. The fraction of sp³-hybridized carbons (Fsp3) is 0.0833. The lowest BCUT2D eigenvalue weighted by atomic mass is 10.1. The van der Waals surface area contributed by atoms with Crippen LogP contribution in [0, 0.1) is 13.8 Å². The number of nitrogens with one attached hydrogen (secondary N) is 1. The monoisotopic (exact) mass is 396 g/mol. The van der Waals surface area contributed by atoms with Crippen LogP contribution < -0.4 is 5.32 Å². The molecule has 148 valence electrons. The van der Waals surface area contributed by atoms with Crippen LogP contribution >= 0.6 is 0 Å². The summed E-state index contributed by atoms with van der Waals surface area (Å²) in [5.74, 6) is 0.158. The van der Waals surface area contributed by atoms with Gasteiger partial charge < -0.3 is 9.84 Å². The van der Waals surface area contributed by atoms with Crippen LogP contribution in [0.25, 0.3) is 11.3 Å². The molecule has 6 heteroatoms. The van der Waals surface area contributed by atoms with E-state index in [2.05, 4.69) is 20.7 Å². The molecule has 0 atom stereocenters. The molecule has 0 radical (unpaired) electrons. The van der Waals surface area contributed by atoms with Crippen molar-refractivity contribution in [2.75, 3.05) is 5.32 Å². The van der Waals surface area contributed by atoms with E-state index in [4.69, 9.17) is 4.52 Å². The van der Waals surface area contributed by atoms with E-state index in [9.17, 15) is 4.79 Å². The molecule has 1 N–H and O–H groups in total. The van der Waals surface area contributed by atoms with Crippen molar-refractivity contribution in [1.29, 1.82) is 0 Å². The van der Waals surface area contributed by atoms with Gasteiger partial charge in [-0.15, -0.1) is 5.11 Å². The van der Waals surface area contributed by atoms with Gasteiger partial charge in [0.2, 0.25) is 0 Å². The number of nitrogens with zero attached hydrogens (tertiary/aromatic N) is 3. The summed E-state index contributed by atoms with van der Waals surface area (Å²) >= 11 is 0. The second-order valence-electron chi connectivity index (χ2n) is 6.89. The van der Waals surface area contributed by atoms with Gasteiger partial charge in [0.25, 0.3) is 5.91 Å². The first-order valence-corrected chi connectivity index (χ1v) is 9.52. The van der Waals surface area contributed by atoms with Crippen molar-refractivity contribution in [2.45, 2.75) is 13.8 Å². The van der Waals surface area contributed by atoms with E-state index in [-0.39, 0.29) is 11.6 Å². The smallest absolute Gasteiger partial charge is 0.277 e. The Kier molecular flexibility index (Phi) is 5.48. The summed E-state index contributed by atoms with van der Waals surface area (Å²) in [7, 11) is 0. The van der Waals surface area contributed by atoms with Crippen molar-refractivity contribution in [1.82, 2.24) is 5.16 Å². The maximum atomic E-state index is 12.8. The van der Waals surface area contributed by atoms with Crippen LogP contribution in [-0.4, -0.2) is 11.1 Å². The van der Waals surface area contributed by atoms with Crippen molar-refractivity contribution in [2.24, 2.45) is 10.2 Å². The van der Waals surface area contributed by atoms with Gasteiger partial charge in [-0.25, -0.2) is 0 Å². The lowest BCUT2D eigenvalue weighted by Gasteiger charge is -2.09. The number of rotatable bonds is 5. The molecular formula is C24H20N4O2. The molecule has 0 fully saturated rings. The summed E-state index contributed by atoms with van der Waals surface area (Å²) in [5.41, 5.74) is 5.01. The molecule has 0 aliphatic heterocycles. The van der Waals surface area contributed by atoms with Gasteiger partial charge in [-0.2, -0.15) is 5.11 Å². The second-order valence-corrected chi connectivity index (χ2v) is 6.89. The molecule has 0 saturated heterocycles. The predicted molar refractivity (Wildman–Crippen MR) is 116 cm³/mol. The number of hydrogen-bond donors (Lipinski definition) is 1. The minimum Gasteiger partial charge on any atom is -0.355 e. The first kappa shape index (κ1) is 19.3. The van der Waals surface area contributed by atoms with E-state index in [1.54, 1.807) is 6.07 Å². The first-order valence-electron chi connectivity index (χ1n) is 9.52. The van der Waals surface area contributed by atoms with E-state index in [1.807, 2.05) is 86.6 Å². The summed E-state index contributed by atoms with van der Waals surface area (Å²) in [6.07, 6.45) is 0. The molecule has 0 unspecified atom stereocenters. The summed E-state index contributed by atoms with van der Waals surface area (Å²) in [4.78, 5) is 12.8. The highest BCUT2D eigenvalue weighted by Crippen LogP contribution is 2.31. The number of benzene rings is 3. The zero-order valence-corrected chi connectivity index (χ0v) is 16.7. The second kappa shape index (κ2) is 8.53. The molecule has 4 aromatic rings. The summed E-state index contributed by atoms with van der Waals surface area (Å²) in [5, 5.41) is 15.4. The third-order valence-corrected chi connectivity index (χ3v) is 4.69. The van der Waals surface area contributed by atoms with E-state index in [0.717, 1.165) is 22.4 Å². The Morgan fingerprint density at radius 2 is 1.53 bits per heavy atom. The molecule has 0 aliphatic carbocycles. The minimum atomic E-state index is -0.375. The average molecular weight is 396 g/mol. The molecular weight excluding hydrogens is 376 g/mol. The quantitative estimate of drug-likeness (QED) is 0.385. The maximum Gasteiger partial charge on any atom is 0.277 e. The Hall–Kier alpha value is -4.06. The van der Waals surface area contributed by atoms with Crippen molar-refractivity contribution in [3.05, 3.63) is 95.7 Å². The summed E-state index contributed by atoms with van der Waals surface area (Å²) in [6, 6.07) is 24.3. The van der Waals surface area contributed by atoms with Gasteiger partial charge in [-0.05, 0) is 49.2 Å². The highest BCUT2D eigenvalue weighted by molar-refractivity contribution is 6.04. The van der Waals surface area contributed by atoms with E-state index >= 15 is 0 Å². The van der Waals surface area contributed by atoms with Crippen LogP contribution in [0.2, 0.25) is 0 Å². The fourth-order valence-corrected chi connectivity index (χ4v) is 2.90. The number of azo groups is 1. The van der Waals surface area contributed by atoms with Crippen molar-refractivity contribution >= 4 is 23.0 Å². The van der Waals surface area contributed by atoms with Gasteiger partial charge >= 0.3 is 0 Å². The Morgan fingerprint density at radius 1 is 0.867 bits per heavy atom. The van der Waals surface area contributed by atoms with Gasteiger partial charge in [-0.1, -0.05) is 53.7 Å². The number of aromatic nitrogens is 1. The topological polar surface area (TPSA) is 79.9 Å². The third-order valence-electron chi connectivity index (χ3n) is 4.69. The van der Waals surface area contributed by atoms with E-state index in [1.165, 1.54) is 0 Å². The fourth-order valence-electron chi connectivity index (χ4n) is 2.90. The lowest BCUT2D eigenvalue weighted by molar-refractivity contribution is 0.101. The largest absolute Gasteiger partial charge is 0.355 e. The standard InChI is InChI=1S/C24H20N4O2/c1-16-13-20(21(14-17(16)2)27-26-19-11-7-4-8-12-19)25-24(29)22-15-23(30-28-22)18-9-5-3-6-10-18/h3-15H,1-2H3,(H,25,29). The molecule has 0 saturated carbocycles. The van der Waals surface area contributed by atoms with Crippen molar-refractivity contribution in [3.8, 4) is 11.3 Å². The van der Waals surface area contributed by atoms with Crippen molar-refractivity contribution in [3.63, 3.8) is 0 Å². The molecule has 0 aliphatic rings. The Morgan fingerprint density at radius 3 is 2.27 bits per heavy atom. The van der Waals surface area contributed by atoms with Gasteiger partial charge in [0.05, 0.1) is 11.4 Å². The van der Waals surface area contributed by atoms with Gasteiger partial charge in [0.15, 0.2) is 11.5 Å². The van der Waals surface area contributed by atoms with Crippen LogP contribution in [0.3, 0.4) is 0 Å². The van der Waals surface area contributed by atoms with Crippen LogP contribution in [0.15, 0.2) is 93.6 Å². The Bertz CT molecular complexity index is 1200. The Labute approximate surface area is 174 Å². The molecule has 0 spiro atoms. The maximum absolute atomic E-state index is 12.8. The van der Waals surface area contributed by atoms with Crippen LogP contribution in [0.5, 0.6) is 0 Å². The highest BCUT2D eigenvalue weighted by atomic mass is 16.5. The van der Waals surface area contributed by atoms with E-state index in [0.29, 0.717) is 17.1 Å². The zero-order chi connectivity index (χ0) is 20.9. The molecule has 4 rings (SSSR count). The normalized spacial score (nSPS) is 11.0. The lowest BCUT2D eigenvalue weighted by Crippen LogP contribution is -2.12. The number of amides is 1. The molecule has 0 bridgehead atoms. The van der Waals surface area contributed by atoms with E-state index < -0.39 is 0 Å².